The molecule has 0 atom stereocenters. The van der Waals surface area contributed by atoms with Gasteiger partial charge in [0.05, 0.1) is 12.2 Å². The third kappa shape index (κ3) is 5.36. The molecule has 0 N–H and O–H groups in total. The molecule has 1 aliphatic heterocycles. The summed E-state index contributed by atoms with van der Waals surface area (Å²) in [5, 5.41) is 0. The highest BCUT2D eigenvalue weighted by Gasteiger charge is 2.31. The Bertz CT molecular complexity index is 594. The standard InChI is InChI=1S/C18H25F3N2O2/c1-4-25-17(24)23-7-5-22(6-8-23)12-14-9-15(13(2)3)11-16(10-14)18(19,20)21/h9-11,13H,4-8,12H2,1-3H3. The molecule has 0 aliphatic carbocycles. The molecule has 1 fully saturated rings. The SMILES string of the molecule is CCOC(=O)N1CCN(Cc2cc(C(C)C)cc(C(F)(F)F)c2)CC1. The molecule has 0 aromatic heterocycles. The van der Waals surface area contributed by atoms with Crippen molar-refractivity contribution in [2.75, 3.05) is 32.8 Å². The number of halogens is 3. The van der Waals surface area contributed by atoms with Crippen molar-refractivity contribution in [3.8, 4) is 0 Å². The summed E-state index contributed by atoms with van der Waals surface area (Å²) in [5.74, 6) is 0.0294. The molecule has 7 heteroatoms. The lowest BCUT2D eigenvalue weighted by molar-refractivity contribution is -0.137. The van der Waals surface area contributed by atoms with Gasteiger partial charge in [0.15, 0.2) is 0 Å². The van der Waals surface area contributed by atoms with E-state index in [1.807, 2.05) is 19.9 Å². The minimum atomic E-state index is -4.34. The van der Waals surface area contributed by atoms with Gasteiger partial charge in [-0.3, -0.25) is 4.90 Å². The van der Waals surface area contributed by atoms with Crippen LogP contribution in [0.25, 0.3) is 0 Å². The number of carbonyl (C=O) groups excluding carboxylic acids is 1. The van der Waals surface area contributed by atoms with Crippen LogP contribution in [0.2, 0.25) is 0 Å². The Kier molecular flexibility index (Phi) is 6.32. The maximum absolute atomic E-state index is 13.1. The Morgan fingerprint density at radius 2 is 1.80 bits per heavy atom. The van der Waals surface area contributed by atoms with Crippen LogP contribution in [0.1, 0.15) is 43.4 Å². The zero-order valence-electron chi connectivity index (χ0n) is 14.9. The molecule has 0 spiro atoms. The van der Waals surface area contributed by atoms with Crippen LogP contribution in [-0.2, 0) is 17.5 Å². The van der Waals surface area contributed by atoms with E-state index in [0.29, 0.717) is 50.5 Å². The van der Waals surface area contributed by atoms with E-state index in [-0.39, 0.29) is 12.0 Å². The van der Waals surface area contributed by atoms with E-state index in [1.165, 1.54) is 12.1 Å². The van der Waals surface area contributed by atoms with E-state index in [2.05, 4.69) is 4.90 Å². The third-order valence-electron chi connectivity index (χ3n) is 4.31. The first kappa shape index (κ1) is 19.6. The highest BCUT2D eigenvalue weighted by Crippen LogP contribution is 2.32. The summed E-state index contributed by atoms with van der Waals surface area (Å²) in [6.07, 6.45) is -4.68. The van der Waals surface area contributed by atoms with Crippen molar-refractivity contribution in [3.05, 3.63) is 34.9 Å². The molecule has 0 radical (unpaired) electrons. The van der Waals surface area contributed by atoms with Crippen LogP contribution in [0, 0.1) is 0 Å². The number of hydrogen-bond donors (Lipinski definition) is 0. The van der Waals surface area contributed by atoms with Crippen molar-refractivity contribution in [2.24, 2.45) is 0 Å². The van der Waals surface area contributed by atoms with Gasteiger partial charge in [-0.15, -0.1) is 0 Å². The molecule has 0 bridgehead atoms. The number of hydrogen-bond acceptors (Lipinski definition) is 3. The fourth-order valence-corrected chi connectivity index (χ4v) is 2.87. The number of amides is 1. The van der Waals surface area contributed by atoms with E-state index >= 15 is 0 Å². The topological polar surface area (TPSA) is 32.8 Å². The average Bonchev–Trinajstić information content (AvgIpc) is 2.54. The molecular formula is C18H25F3N2O2. The smallest absolute Gasteiger partial charge is 0.416 e. The normalized spacial score (nSPS) is 16.4. The number of carbonyl (C=O) groups is 1. The Hall–Kier alpha value is -1.76. The molecule has 1 aromatic rings. The van der Waals surface area contributed by atoms with Crippen molar-refractivity contribution in [1.82, 2.24) is 9.80 Å². The van der Waals surface area contributed by atoms with Crippen LogP contribution in [0.5, 0.6) is 0 Å². The largest absolute Gasteiger partial charge is 0.450 e. The second-order valence-electron chi connectivity index (χ2n) is 6.58. The van der Waals surface area contributed by atoms with Crippen LogP contribution in [0.15, 0.2) is 18.2 Å². The summed E-state index contributed by atoms with van der Waals surface area (Å²) in [7, 11) is 0. The van der Waals surface area contributed by atoms with Crippen molar-refractivity contribution in [3.63, 3.8) is 0 Å². The Labute approximate surface area is 146 Å². The van der Waals surface area contributed by atoms with Crippen molar-refractivity contribution < 1.29 is 22.7 Å². The number of benzene rings is 1. The van der Waals surface area contributed by atoms with Gasteiger partial charge < -0.3 is 9.64 Å². The lowest BCUT2D eigenvalue weighted by Gasteiger charge is -2.34. The predicted octanol–water partition coefficient (Wildman–Crippen LogP) is 4.10. The van der Waals surface area contributed by atoms with Crippen LogP contribution in [0.4, 0.5) is 18.0 Å². The van der Waals surface area contributed by atoms with Gasteiger partial charge in [-0.05, 0) is 36.1 Å². The molecule has 1 amide bonds. The molecule has 0 saturated carbocycles. The van der Waals surface area contributed by atoms with Crippen LogP contribution >= 0.6 is 0 Å². The second kappa shape index (κ2) is 8.08. The summed E-state index contributed by atoms with van der Waals surface area (Å²) in [4.78, 5) is 15.4. The number of nitrogens with zero attached hydrogens (tertiary/aromatic N) is 2. The molecule has 25 heavy (non-hydrogen) atoms. The monoisotopic (exact) mass is 358 g/mol. The summed E-state index contributed by atoms with van der Waals surface area (Å²) in [6.45, 7) is 8.59. The van der Waals surface area contributed by atoms with E-state index in [9.17, 15) is 18.0 Å². The van der Waals surface area contributed by atoms with Gasteiger partial charge >= 0.3 is 12.3 Å². The molecule has 140 valence electrons. The van der Waals surface area contributed by atoms with Crippen LogP contribution < -0.4 is 0 Å². The fraction of sp³-hybridized carbons (Fsp3) is 0.611. The van der Waals surface area contributed by atoms with Crippen molar-refractivity contribution in [1.29, 1.82) is 0 Å². The molecule has 1 heterocycles. The van der Waals surface area contributed by atoms with Gasteiger partial charge in [0.25, 0.3) is 0 Å². The fourth-order valence-electron chi connectivity index (χ4n) is 2.87. The zero-order valence-corrected chi connectivity index (χ0v) is 14.9. The van der Waals surface area contributed by atoms with E-state index in [4.69, 9.17) is 4.74 Å². The first-order valence-corrected chi connectivity index (χ1v) is 8.55. The number of ether oxygens (including phenoxy) is 1. The molecule has 2 rings (SSSR count). The highest BCUT2D eigenvalue weighted by atomic mass is 19.4. The van der Waals surface area contributed by atoms with Gasteiger partial charge in [0, 0.05) is 32.7 Å². The van der Waals surface area contributed by atoms with Crippen LogP contribution in [0.3, 0.4) is 0 Å². The molecule has 1 aliphatic rings. The lowest BCUT2D eigenvalue weighted by Crippen LogP contribution is -2.48. The van der Waals surface area contributed by atoms with Gasteiger partial charge in [-0.2, -0.15) is 13.2 Å². The Morgan fingerprint density at radius 3 is 2.32 bits per heavy atom. The van der Waals surface area contributed by atoms with Crippen molar-refractivity contribution in [2.45, 2.75) is 39.4 Å². The van der Waals surface area contributed by atoms with Crippen molar-refractivity contribution >= 4 is 6.09 Å². The molecule has 0 unspecified atom stereocenters. The van der Waals surface area contributed by atoms with Gasteiger partial charge in [0.2, 0.25) is 0 Å². The van der Waals surface area contributed by atoms with Gasteiger partial charge in [0.1, 0.15) is 0 Å². The lowest BCUT2D eigenvalue weighted by atomic mass is 9.97. The molecule has 4 nitrogen and oxygen atoms in total. The van der Waals surface area contributed by atoms with Crippen LogP contribution in [-0.4, -0.2) is 48.7 Å². The number of alkyl halides is 3. The average molecular weight is 358 g/mol. The predicted molar refractivity (Wildman–Crippen MR) is 89.4 cm³/mol. The summed E-state index contributed by atoms with van der Waals surface area (Å²) < 4.78 is 44.4. The van der Waals surface area contributed by atoms with Gasteiger partial charge in [-0.1, -0.05) is 19.9 Å². The summed E-state index contributed by atoms with van der Waals surface area (Å²) in [5.41, 5.74) is 0.747. The number of rotatable bonds is 4. The maximum Gasteiger partial charge on any atom is 0.416 e. The van der Waals surface area contributed by atoms with Gasteiger partial charge in [-0.25, -0.2) is 4.79 Å². The zero-order chi connectivity index (χ0) is 18.6. The number of piperazine rings is 1. The third-order valence-corrected chi connectivity index (χ3v) is 4.31. The van der Waals surface area contributed by atoms with E-state index < -0.39 is 11.7 Å². The highest BCUT2D eigenvalue weighted by molar-refractivity contribution is 5.67. The summed E-state index contributed by atoms with van der Waals surface area (Å²) >= 11 is 0. The van der Waals surface area contributed by atoms with E-state index in [1.54, 1.807) is 11.8 Å². The molecule has 1 saturated heterocycles. The second-order valence-corrected chi connectivity index (χ2v) is 6.58. The quantitative estimate of drug-likeness (QED) is 0.812. The maximum atomic E-state index is 13.1. The summed E-state index contributed by atoms with van der Waals surface area (Å²) in [6, 6.07) is 4.30. The molecular weight excluding hydrogens is 333 g/mol. The Morgan fingerprint density at radius 1 is 1.16 bits per heavy atom. The Balaban J connectivity index is 2.05. The molecule has 1 aromatic carbocycles. The van der Waals surface area contributed by atoms with E-state index in [0.717, 1.165) is 0 Å². The minimum absolute atomic E-state index is 0.0294. The first-order valence-electron chi connectivity index (χ1n) is 8.55. The minimum Gasteiger partial charge on any atom is -0.450 e. The first-order chi connectivity index (χ1) is 11.7.